The van der Waals surface area contributed by atoms with Crippen molar-refractivity contribution in [3.05, 3.63) is 60.7 Å². The van der Waals surface area contributed by atoms with Crippen molar-refractivity contribution in [2.24, 2.45) is 0 Å². The Morgan fingerprint density at radius 1 is 0.778 bits per heavy atom. The van der Waals surface area contributed by atoms with Gasteiger partial charge in [-0.15, -0.1) is 0 Å². The first-order chi connectivity index (χ1) is 8.82. The van der Waals surface area contributed by atoms with Gasteiger partial charge in [-0.2, -0.15) is 0 Å². The minimum Gasteiger partial charge on any atom is -0.313 e. The Labute approximate surface area is 108 Å². The minimum absolute atomic E-state index is 0.349. The van der Waals surface area contributed by atoms with Crippen molar-refractivity contribution in [3.8, 4) is 0 Å². The van der Waals surface area contributed by atoms with E-state index in [0.717, 1.165) is 23.5 Å². The molecule has 0 heterocycles. The maximum atomic E-state index is 13.6. The van der Waals surface area contributed by atoms with E-state index < -0.39 is 7.14 Å². The Morgan fingerprint density at radius 2 is 1.22 bits per heavy atom. The van der Waals surface area contributed by atoms with Crippen LogP contribution in [0.25, 0.3) is 0 Å². The molecule has 0 saturated heterocycles. The summed E-state index contributed by atoms with van der Waals surface area (Å²) in [6.07, 6.45) is 3.41. The predicted octanol–water partition coefficient (Wildman–Crippen LogP) is 3.55. The molecule has 1 aliphatic rings. The molecule has 1 nitrogen and oxygen atoms in total. The molecule has 1 saturated carbocycles. The number of hydrogen-bond acceptors (Lipinski definition) is 1. The molecule has 0 aliphatic heterocycles. The monoisotopic (exact) mass is 256 g/mol. The van der Waals surface area contributed by atoms with Crippen LogP contribution in [0.4, 0.5) is 0 Å². The lowest BCUT2D eigenvalue weighted by Crippen LogP contribution is -2.30. The highest BCUT2D eigenvalue weighted by molar-refractivity contribution is 7.79. The van der Waals surface area contributed by atoms with Gasteiger partial charge in [0.2, 0.25) is 0 Å². The van der Waals surface area contributed by atoms with E-state index in [1.807, 2.05) is 60.7 Å². The molecular formula is C16H17OP. The first kappa shape index (κ1) is 11.7. The fourth-order valence-electron chi connectivity index (χ4n) is 2.62. The zero-order valence-electron chi connectivity index (χ0n) is 10.3. The van der Waals surface area contributed by atoms with E-state index in [1.54, 1.807) is 0 Å². The lowest BCUT2D eigenvalue weighted by molar-refractivity contribution is 0.485. The van der Waals surface area contributed by atoms with Crippen molar-refractivity contribution in [3.63, 3.8) is 0 Å². The van der Waals surface area contributed by atoms with Crippen molar-refractivity contribution in [2.75, 3.05) is 0 Å². The molecule has 0 N–H and O–H groups in total. The molecule has 92 valence electrons. The molecule has 2 aromatic rings. The standard InChI is InChI=1S/C16H17OP/c17-18(16-12-7-13-16,14-8-3-1-4-9-14)15-10-5-2-6-11-15/h1-6,8-11,16H,7,12-13H2. The van der Waals surface area contributed by atoms with Gasteiger partial charge in [0, 0.05) is 16.3 Å². The third-order valence-corrected chi connectivity index (χ3v) is 7.54. The van der Waals surface area contributed by atoms with Gasteiger partial charge in [0.25, 0.3) is 0 Å². The van der Waals surface area contributed by atoms with E-state index in [-0.39, 0.29) is 0 Å². The van der Waals surface area contributed by atoms with Crippen LogP contribution < -0.4 is 10.6 Å². The third-order valence-electron chi connectivity index (χ3n) is 3.87. The molecule has 0 atom stereocenters. The second-order valence-electron chi connectivity index (χ2n) is 4.91. The van der Waals surface area contributed by atoms with Crippen LogP contribution in [-0.2, 0) is 4.57 Å². The first-order valence-corrected chi connectivity index (χ1v) is 8.30. The maximum absolute atomic E-state index is 13.6. The van der Waals surface area contributed by atoms with Gasteiger partial charge in [0.05, 0.1) is 0 Å². The topological polar surface area (TPSA) is 17.1 Å². The van der Waals surface area contributed by atoms with Crippen LogP contribution in [0.15, 0.2) is 60.7 Å². The van der Waals surface area contributed by atoms with Crippen LogP contribution in [0.2, 0.25) is 0 Å². The fraction of sp³-hybridized carbons (Fsp3) is 0.250. The Kier molecular flexibility index (Phi) is 3.09. The second kappa shape index (κ2) is 4.74. The van der Waals surface area contributed by atoms with Gasteiger partial charge in [-0.25, -0.2) is 0 Å². The van der Waals surface area contributed by atoms with Gasteiger partial charge in [-0.3, -0.25) is 0 Å². The van der Waals surface area contributed by atoms with Gasteiger partial charge in [-0.1, -0.05) is 67.1 Å². The van der Waals surface area contributed by atoms with E-state index in [2.05, 4.69) is 0 Å². The Morgan fingerprint density at radius 3 is 1.56 bits per heavy atom. The van der Waals surface area contributed by atoms with E-state index in [4.69, 9.17) is 0 Å². The maximum Gasteiger partial charge on any atom is 0.146 e. The zero-order valence-corrected chi connectivity index (χ0v) is 11.2. The van der Waals surface area contributed by atoms with Crippen LogP contribution in [0.1, 0.15) is 19.3 Å². The van der Waals surface area contributed by atoms with Crippen LogP contribution in [0.5, 0.6) is 0 Å². The zero-order chi connectivity index (χ0) is 12.4. The Hall–Kier alpha value is -1.33. The lowest BCUT2D eigenvalue weighted by Gasteiger charge is -2.34. The van der Waals surface area contributed by atoms with Crippen LogP contribution in [-0.4, -0.2) is 5.66 Å². The average Bonchev–Trinajstić information content (AvgIpc) is 2.38. The lowest BCUT2D eigenvalue weighted by atomic mass is 10.00. The molecule has 0 aromatic heterocycles. The van der Waals surface area contributed by atoms with E-state index in [1.165, 1.54) is 6.42 Å². The molecule has 18 heavy (non-hydrogen) atoms. The molecule has 0 unspecified atom stereocenters. The normalized spacial score (nSPS) is 16.2. The Bertz CT molecular complexity index is 515. The van der Waals surface area contributed by atoms with Crippen LogP contribution in [0.3, 0.4) is 0 Å². The first-order valence-electron chi connectivity index (χ1n) is 6.53. The Balaban J connectivity index is 2.13. The highest BCUT2D eigenvalue weighted by Gasteiger charge is 2.39. The van der Waals surface area contributed by atoms with Gasteiger partial charge >= 0.3 is 0 Å². The number of hydrogen-bond donors (Lipinski definition) is 0. The molecular weight excluding hydrogens is 239 g/mol. The van der Waals surface area contributed by atoms with Crippen molar-refractivity contribution >= 4 is 17.8 Å². The van der Waals surface area contributed by atoms with Crippen molar-refractivity contribution < 1.29 is 4.57 Å². The van der Waals surface area contributed by atoms with E-state index in [9.17, 15) is 4.57 Å². The molecule has 2 heteroatoms. The van der Waals surface area contributed by atoms with Crippen molar-refractivity contribution in [1.29, 1.82) is 0 Å². The fourth-order valence-corrected chi connectivity index (χ4v) is 6.08. The molecule has 2 aromatic carbocycles. The number of benzene rings is 2. The summed E-state index contributed by atoms with van der Waals surface area (Å²) in [5, 5.41) is 2.03. The quantitative estimate of drug-likeness (QED) is 0.767. The van der Waals surface area contributed by atoms with Crippen molar-refractivity contribution in [2.45, 2.75) is 24.9 Å². The second-order valence-corrected chi connectivity index (χ2v) is 7.99. The highest BCUT2D eigenvalue weighted by Crippen LogP contribution is 2.55. The minimum atomic E-state index is -2.43. The largest absolute Gasteiger partial charge is 0.313 e. The summed E-state index contributed by atoms with van der Waals surface area (Å²) in [5.74, 6) is 0. The van der Waals surface area contributed by atoms with E-state index in [0.29, 0.717) is 5.66 Å². The van der Waals surface area contributed by atoms with E-state index >= 15 is 0 Å². The summed E-state index contributed by atoms with van der Waals surface area (Å²) >= 11 is 0. The molecule has 0 amide bonds. The molecule has 0 spiro atoms. The summed E-state index contributed by atoms with van der Waals surface area (Å²) in [4.78, 5) is 0. The van der Waals surface area contributed by atoms with Crippen molar-refractivity contribution in [1.82, 2.24) is 0 Å². The molecule has 1 fully saturated rings. The summed E-state index contributed by atoms with van der Waals surface area (Å²) in [7, 11) is -2.43. The molecule has 0 bridgehead atoms. The molecule has 0 radical (unpaired) electrons. The van der Waals surface area contributed by atoms with Gasteiger partial charge < -0.3 is 4.57 Å². The summed E-state index contributed by atoms with van der Waals surface area (Å²) < 4.78 is 13.6. The summed E-state index contributed by atoms with van der Waals surface area (Å²) in [5.41, 5.74) is 0.349. The van der Waals surface area contributed by atoms with Crippen LogP contribution >= 0.6 is 7.14 Å². The smallest absolute Gasteiger partial charge is 0.146 e. The predicted molar refractivity (Wildman–Crippen MR) is 77.4 cm³/mol. The number of rotatable bonds is 3. The van der Waals surface area contributed by atoms with Gasteiger partial charge in [0.15, 0.2) is 0 Å². The third kappa shape index (κ3) is 1.83. The van der Waals surface area contributed by atoms with Crippen LogP contribution in [0, 0.1) is 0 Å². The average molecular weight is 256 g/mol. The molecule has 1 aliphatic carbocycles. The summed E-state index contributed by atoms with van der Waals surface area (Å²) in [6.45, 7) is 0. The van der Waals surface area contributed by atoms with Gasteiger partial charge in [0.1, 0.15) is 7.14 Å². The summed E-state index contributed by atoms with van der Waals surface area (Å²) in [6, 6.07) is 20.0. The highest BCUT2D eigenvalue weighted by atomic mass is 31.2. The SMILES string of the molecule is O=P(c1ccccc1)(c1ccccc1)C1CCC1. The van der Waals surface area contributed by atoms with Gasteiger partial charge in [-0.05, 0) is 12.8 Å². The molecule has 3 rings (SSSR count).